The van der Waals surface area contributed by atoms with E-state index in [2.05, 4.69) is 26.1 Å². The number of aliphatic carboxylic acids is 3. The number of benzene rings is 1. The molecule has 0 aliphatic carbocycles. The van der Waals surface area contributed by atoms with Crippen molar-refractivity contribution in [1.29, 1.82) is 0 Å². The molecule has 1 amide bonds. The van der Waals surface area contributed by atoms with Gasteiger partial charge in [-0.2, -0.15) is 0 Å². The van der Waals surface area contributed by atoms with Gasteiger partial charge < -0.3 is 30.5 Å². The van der Waals surface area contributed by atoms with Gasteiger partial charge >= 0.3 is 17.9 Å². The minimum atomic E-state index is -3.03. The Bertz CT molecular complexity index is 1150. The van der Waals surface area contributed by atoms with Crippen LogP contribution in [0.3, 0.4) is 0 Å². The molecule has 0 aliphatic heterocycles. The van der Waals surface area contributed by atoms with Gasteiger partial charge in [-0.05, 0) is 55.7 Å². The summed E-state index contributed by atoms with van der Waals surface area (Å²) in [7, 11) is 0. The largest absolute Gasteiger partial charge is 0.494 e. The first-order chi connectivity index (χ1) is 22.3. The highest BCUT2D eigenvalue weighted by atomic mass is 16.5. The Morgan fingerprint density at radius 2 is 1.47 bits per heavy atom. The molecular weight excluding hydrogens is 606 g/mol. The van der Waals surface area contributed by atoms with Crippen LogP contribution in [0.25, 0.3) is 0 Å². The van der Waals surface area contributed by atoms with Gasteiger partial charge in [0.25, 0.3) is 0 Å². The van der Waals surface area contributed by atoms with Gasteiger partial charge in [-0.25, -0.2) is 9.59 Å². The zero-order chi connectivity index (χ0) is 35.2. The van der Waals surface area contributed by atoms with Crippen LogP contribution in [-0.4, -0.2) is 68.3 Å². The van der Waals surface area contributed by atoms with Crippen LogP contribution in [0.5, 0.6) is 5.75 Å². The molecule has 11 nitrogen and oxygen atoms in total. The average molecular weight is 662 g/mol. The van der Waals surface area contributed by atoms with Crippen molar-refractivity contribution in [2.24, 2.45) is 11.8 Å². The average Bonchev–Trinajstić information content (AvgIpc) is 2.99. The van der Waals surface area contributed by atoms with Gasteiger partial charge in [-0.1, -0.05) is 83.6 Å². The Hall–Kier alpha value is -3.73. The van der Waals surface area contributed by atoms with E-state index in [1.807, 2.05) is 0 Å². The quantitative estimate of drug-likeness (QED) is 0.0556. The molecule has 1 aromatic carbocycles. The molecule has 0 aliphatic rings. The van der Waals surface area contributed by atoms with Gasteiger partial charge in [0, 0.05) is 19.3 Å². The summed E-state index contributed by atoms with van der Waals surface area (Å²) in [6, 6.07) is 5.18. The number of carboxylic acids is 3. The van der Waals surface area contributed by atoms with E-state index in [1.54, 1.807) is 24.3 Å². The van der Waals surface area contributed by atoms with Crippen LogP contribution < -0.4 is 10.1 Å². The number of rotatable bonds is 27. The number of hydrogen-bond donors (Lipinski definition) is 5. The van der Waals surface area contributed by atoms with E-state index in [0.717, 1.165) is 31.8 Å². The van der Waals surface area contributed by atoms with Crippen LogP contribution in [0.2, 0.25) is 0 Å². The van der Waals surface area contributed by atoms with Crippen LogP contribution in [0.15, 0.2) is 36.4 Å². The Morgan fingerprint density at radius 3 is 2.02 bits per heavy atom. The van der Waals surface area contributed by atoms with E-state index in [4.69, 9.17) is 4.74 Å². The Morgan fingerprint density at radius 1 is 0.872 bits per heavy atom. The third-order valence-electron chi connectivity index (χ3n) is 7.99. The summed E-state index contributed by atoms with van der Waals surface area (Å²) in [5, 5.41) is 42.1. The first kappa shape index (κ1) is 41.3. The highest BCUT2D eigenvalue weighted by Gasteiger charge is 2.49. The molecule has 47 heavy (non-hydrogen) atoms. The molecule has 0 fully saturated rings. The van der Waals surface area contributed by atoms with E-state index < -0.39 is 47.8 Å². The maximum Gasteiger partial charge on any atom is 0.337 e. The Balaban J connectivity index is 2.84. The maximum absolute atomic E-state index is 13.3. The van der Waals surface area contributed by atoms with Crippen LogP contribution in [-0.2, 0) is 30.4 Å². The van der Waals surface area contributed by atoms with Gasteiger partial charge in [-0.15, -0.1) is 0 Å². The van der Waals surface area contributed by atoms with Crippen molar-refractivity contribution in [1.82, 2.24) is 5.32 Å². The second-order valence-corrected chi connectivity index (χ2v) is 12.6. The number of hydrogen-bond acceptors (Lipinski definition) is 7. The molecule has 1 rings (SSSR count). The van der Waals surface area contributed by atoms with Crippen molar-refractivity contribution in [3.05, 3.63) is 42.0 Å². The van der Waals surface area contributed by atoms with E-state index >= 15 is 0 Å². The fourth-order valence-corrected chi connectivity index (χ4v) is 5.07. The normalized spacial score (nSPS) is 14.0. The topological polar surface area (TPSA) is 188 Å². The summed E-state index contributed by atoms with van der Waals surface area (Å²) < 4.78 is 5.68. The lowest BCUT2D eigenvalue weighted by Gasteiger charge is -2.29. The summed E-state index contributed by atoms with van der Waals surface area (Å²) in [5.74, 6) is -6.75. The molecule has 1 aromatic rings. The van der Waals surface area contributed by atoms with Crippen molar-refractivity contribution in [2.75, 3.05) is 6.61 Å². The number of carbonyl (C=O) groups is 5. The number of ether oxygens (including phenoxy) is 1. The van der Waals surface area contributed by atoms with E-state index in [9.17, 15) is 44.4 Å². The standard InChI is InChI=1S/C36H55NO10/c1-4-5-6-7-8-9-12-15-28(38)16-13-10-11-14-17-30(36(46,35(44)45)25-32(39)40)33(41)37-31(34(42)43)24-27-18-20-29(21-19-27)47-23-22-26(2)3/h14,17-21,26,30-31,46H,4-13,15-16,22-25H2,1-3H3,(H,37,41)(H,39,40)(H,42,43)(H,44,45)/b17-14+/t30-,31+,36+/m1/s1. The summed E-state index contributed by atoms with van der Waals surface area (Å²) >= 11 is 0. The predicted octanol–water partition coefficient (Wildman–Crippen LogP) is 5.96. The van der Waals surface area contributed by atoms with Crippen LogP contribution in [0.4, 0.5) is 0 Å². The van der Waals surface area contributed by atoms with E-state index in [-0.39, 0.29) is 12.2 Å². The predicted molar refractivity (Wildman–Crippen MR) is 178 cm³/mol. The van der Waals surface area contributed by atoms with Crippen molar-refractivity contribution in [2.45, 2.75) is 129 Å². The zero-order valence-electron chi connectivity index (χ0n) is 28.2. The van der Waals surface area contributed by atoms with Gasteiger partial charge in [-0.3, -0.25) is 14.4 Å². The Kier molecular flexibility index (Phi) is 20.0. The van der Waals surface area contributed by atoms with Gasteiger partial charge in [0.1, 0.15) is 17.6 Å². The van der Waals surface area contributed by atoms with Gasteiger partial charge in [0.05, 0.1) is 18.9 Å². The number of aliphatic hydroxyl groups is 1. The minimum Gasteiger partial charge on any atom is -0.494 e. The lowest BCUT2D eigenvalue weighted by molar-refractivity contribution is -0.172. The number of Topliss-reactive ketones (excluding diaryl/α,β-unsaturated/α-hetero) is 1. The lowest BCUT2D eigenvalue weighted by Crippen LogP contribution is -2.55. The summed E-state index contributed by atoms with van der Waals surface area (Å²) in [6.07, 6.45) is 12.3. The summed E-state index contributed by atoms with van der Waals surface area (Å²) in [4.78, 5) is 61.1. The molecule has 0 aromatic heterocycles. The number of amides is 1. The molecule has 5 N–H and O–H groups in total. The molecule has 264 valence electrons. The molecule has 0 saturated heterocycles. The molecule has 0 heterocycles. The number of nitrogens with one attached hydrogen (secondary N) is 1. The third-order valence-corrected chi connectivity index (χ3v) is 7.99. The highest BCUT2D eigenvalue weighted by molar-refractivity contribution is 5.94. The van der Waals surface area contributed by atoms with Gasteiger partial charge in [0.2, 0.25) is 5.91 Å². The fraction of sp³-hybridized carbons (Fsp3) is 0.639. The number of carboxylic acid groups (broad SMARTS) is 3. The lowest BCUT2D eigenvalue weighted by atomic mass is 9.82. The molecule has 0 spiro atoms. The molecule has 11 heteroatoms. The molecule has 0 bridgehead atoms. The van der Waals surface area contributed by atoms with Crippen molar-refractivity contribution in [3.8, 4) is 5.75 Å². The molecular formula is C36H55NO10. The smallest absolute Gasteiger partial charge is 0.337 e. The number of allylic oxidation sites excluding steroid dienone is 1. The number of ketones is 1. The molecule has 0 radical (unpaired) electrons. The van der Waals surface area contributed by atoms with Crippen molar-refractivity contribution >= 4 is 29.6 Å². The number of unbranched alkanes of at least 4 members (excludes halogenated alkanes) is 8. The maximum atomic E-state index is 13.3. The highest BCUT2D eigenvalue weighted by Crippen LogP contribution is 2.26. The molecule has 3 atom stereocenters. The molecule has 0 saturated carbocycles. The van der Waals surface area contributed by atoms with Crippen LogP contribution >= 0.6 is 0 Å². The SMILES string of the molecule is CCCCCCCCCC(=O)CCCC/C=C/[C@H](C(=O)N[C@@H](Cc1ccc(OCCC(C)C)cc1)C(=O)O)[C@@](O)(CC(=O)O)C(=O)O. The summed E-state index contributed by atoms with van der Waals surface area (Å²) in [5.41, 5.74) is -2.47. The first-order valence-corrected chi connectivity index (χ1v) is 16.9. The second-order valence-electron chi connectivity index (χ2n) is 12.6. The van der Waals surface area contributed by atoms with Crippen molar-refractivity contribution in [3.63, 3.8) is 0 Å². The van der Waals surface area contributed by atoms with Gasteiger partial charge in [0.15, 0.2) is 5.60 Å². The first-order valence-electron chi connectivity index (χ1n) is 16.9. The monoisotopic (exact) mass is 661 g/mol. The third kappa shape index (κ3) is 17.1. The number of carbonyl (C=O) groups excluding carboxylic acids is 2. The zero-order valence-corrected chi connectivity index (χ0v) is 28.2. The minimum absolute atomic E-state index is 0.152. The van der Waals surface area contributed by atoms with Crippen LogP contribution in [0.1, 0.15) is 116 Å². The van der Waals surface area contributed by atoms with Crippen molar-refractivity contribution < 1.29 is 49.1 Å². The van der Waals surface area contributed by atoms with Crippen LogP contribution in [0, 0.1) is 11.8 Å². The summed E-state index contributed by atoms with van der Waals surface area (Å²) in [6.45, 7) is 6.86. The fourth-order valence-electron chi connectivity index (χ4n) is 5.07. The molecule has 0 unspecified atom stereocenters. The van der Waals surface area contributed by atoms with E-state index in [1.165, 1.54) is 31.8 Å². The second kappa shape index (κ2) is 22.7. The Labute approximate surface area is 278 Å². The van der Waals surface area contributed by atoms with E-state index in [0.29, 0.717) is 55.9 Å².